The number of anilines is 2. The SMILES string of the molecule is Cc1cc(Nc2ccc(C(C)(C)C)cc2)cc(-c2ccccc2)c1. The van der Waals surface area contributed by atoms with E-state index in [0.29, 0.717) is 0 Å². The minimum Gasteiger partial charge on any atom is -0.356 e. The molecule has 0 fully saturated rings. The molecule has 1 heteroatoms. The molecule has 0 amide bonds. The van der Waals surface area contributed by atoms with Crippen molar-refractivity contribution in [3.05, 3.63) is 83.9 Å². The Hall–Kier alpha value is -2.54. The van der Waals surface area contributed by atoms with Crippen molar-refractivity contribution in [3.63, 3.8) is 0 Å². The van der Waals surface area contributed by atoms with Gasteiger partial charge in [-0.1, -0.05) is 69.3 Å². The van der Waals surface area contributed by atoms with E-state index < -0.39 is 0 Å². The van der Waals surface area contributed by atoms with Gasteiger partial charge in [-0.2, -0.15) is 0 Å². The predicted molar refractivity (Wildman–Crippen MR) is 105 cm³/mol. The van der Waals surface area contributed by atoms with Crippen molar-refractivity contribution < 1.29 is 0 Å². The van der Waals surface area contributed by atoms with Crippen LogP contribution in [0.5, 0.6) is 0 Å². The van der Waals surface area contributed by atoms with Crippen molar-refractivity contribution in [2.45, 2.75) is 33.1 Å². The van der Waals surface area contributed by atoms with E-state index in [-0.39, 0.29) is 5.41 Å². The molecule has 0 aliphatic rings. The van der Waals surface area contributed by atoms with E-state index in [2.05, 4.69) is 106 Å². The first kappa shape index (κ1) is 16.3. The Morgan fingerprint density at radius 3 is 1.96 bits per heavy atom. The van der Waals surface area contributed by atoms with E-state index in [4.69, 9.17) is 0 Å². The van der Waals surface area contributed by atoms with Crippen molar-refractivity contribution in [2.24, 2.45) is 0 Å². The summed E-state index contributed by atoms with van der Waals surface area (Å²) in [5, 5.41) is 3.53. The smallest absolute Gasteiger partial charge is 0.0393 e. The zero-order valence-corrected chi connectivity index (χ0v) is 14.9. The van der Waals surface area contributed by atoms with Crippen molar-refractivity contribution in [2.75, 3.05) is 5.32 Å². The predicted octanol–water partition coefficient (Wildman–Crippen LogP) is 6.70. The van der Waals surface area contributed by atoms with E-state index in [1.54, 1.807) is 0 Å². The van der Waals surface area contributed by atoms with Crippen molar-refractivity contribution in [3.8, 4) is 11.1 Å². The fourth-order valence-corrected chi connectivity index (χ4v) is 2.87. The molecule has 0 aliphatic heterocycles. The molecule has 0 aromatic heterocycles. The fraction of sp³-hybridized carbons (Fsp3) is 0.217. The highest BCUT2D eigenvalue weighted by Gasteiger charge is 2.12. The van der Waals surface area contributed by atoms with Crippen LogP contribution in [0.3, 0.4) is 0 Å². The van der Waals surface area contributed by atoms with Crippen LogP contribution in [0, 0.1) is 6.92 Å². The van der Waals surface area contributed by atoms with Gasteiger partial charge in [-0.05, 0) is 58.9 Å². The molecule has 24 heavy (non-hydrogen) atoms. The van der Waals surface area contributed by atoms with Crippen molar-refractivity contribution in [1.29, 1.82) is 0 Å². The Labute approximate surface area is 145 Å². The van der Waals surface area contributed by atoms with E-state index in [1.807, 2.05) is 0 Å². The normalized spacial score (nSPS) is 11.3. The summed E-state index contributed by atoms with van der Waals surface area (Å²) in [5.74, 6) is 0. The van der Waals surface area contributed by atoms with Gasteiger partial charge in [0.15, 0.2) is 0 Å². The van der Waals surface area contributed by atoms with E-state index in [0.717, 1.165) is 11.4 Å². The molecule has 0 radical (unpaired) electrons. The first-order valence-corrected chi connectivity index (χ1v) is 8.46. The highest BCUT2D eigenvalue weighted by Crippen LogP contribution is 2.28. The van der Waals surface area contributed by atoms with Gasteiger partial charge in [0.05, 0.1) is 0 Å². The van der Waals surface area contributed by atoms with Gasteiger partial charge in [0, 0.05) is 11.4 Å². The van der Waals surface area contributed by atoms with Gasteiger partial charge in [-0.3, -0.25) is 0 Å². The second kappa shape index (κ2) is 6.52. The Kier molecular flexibility index (Phi) is 4.44. The maximum absolute atomic E-state index is 3.53. The molecule has 1 nitrogen and oxygen atoms in total. The van der Waals surface area contributed by atoms with Crippen LogP contribution in [0.25, 0.3) is 11.1 Å². The molecule has 0 saturated heterocycles. The fourth-order valence-electron chi connectivity index (χ4n) is 2.87. The van der Waals surface area contributed by atoms with Gasteiger partial charge in [0.25, 0.3) is 0 Å². The first-order chi connectivity index (χ1) is 11.4. The Bertz CT molecular complexity index is 809. The van der Waals surface area contributed by atoms with Crippen LogP contribution in [0.4, 0.5) is 11.4 Å². The maximum atomic E-state index is 3.53. The summed E-state index contributed by atoms with van der Waals surface area (Å²) in [5.41, 5.74) is 7.51. The summed E-state index contributed by atoms with van der Waals surface area (Å²) in [4.78, 5) is 0. The minimum atomic E-state index is 0.183. The monoisotopic (exact) mass is 315 g/mol. The first-order valence-electron chi connectivity index (χ1n) is 8.46. The average Bonchev–Trinajstić information content (AvgIpc) is 2.55. The van der Waals surface area contributed by atoms with Crippen LogP contribution in [0.15, 0.2) is 72.8 Å². The zero-order valence-electron chi connectivity index (χ0n) is 14.9. The summed E-state index contributed by atoms with van der Waals surface area (Å²) < 4.78 is 0. The molecule has 3 aromatic rings. The molecule has 0 atom stereocenters. The van der Waals surface area contributed by atoms with Gasteiger partial charge in [-0.15, -0.1) is 0 Å². The maximum Gasteiger partial charge on any atom is 0.0393 e. The summed E-state index contributed by atoms with van der Waals surface area (Å²) >= 11 is 0. The third kappa shape index (κ3) is 3.86. The van der Waals surface area contributed by atoms with Gasteiger partial charge in [0.1, 0.15) is 0 Å². The molecule has 1 N–H and O–H groups in total. The van der Waals surface area contributed by atoms with E-state index in [1.165, 1.54) is 22.3 Å². The summed E-state index contributed by atoms with van der Waals surface area (Å²) in [7, 11) is 0. The number of aryl methyl sites for hydroxylation is 1. The molecule has 0 heterocycles. The molecule has 0 saturated carbocycles. The average molecular weight is 315 g/mol. The van der Waals surface area contributed by atoms with E-state index in [9.17, 15) is 0 Å². The lowest BCUT2D eigenvalue weighted by atomic mass is 9.87. The number of nitrogens with one attached hydrogen (secondary N) is 1. The van der Waals surface area contributed by atoms with Crippen LogP contribution in [-0.4, -0.2) is 0 Å². The number of benzene rings is 3. The lowest BCUT2D eigenvalue weighted by molar-refractivity contribution is 0.590. The topological polar surface area (TPSA) is 12.0 Å². The standard InChI is InChI=1S/C23H25N/c1-17-14-19(18-8-6-5-7-9-18)16-22(15-17)24-21-12-10-20(11-13-21)23(2,3)4/h5-16,24H,1-4H3. The minimum absolute atomic E-state index is 0.183. The Balaban J connectivity index is 1.87. The molecule has 0 spiro atoms. The largest absolute Gasteiger partial charge is 0.356 e. The molecule has 0 bridgehead atoms. The number of hydrogen-bond acceptors (Lipinski definition) is 1. The molecular weight excluding hydrogens is 290 g/mol. The van der Waals surface area contributed by atoms with Crippen LogP contribution < -0.4 is 5.32 Å². The third-order valence-electron chi connectivity index (χ3n) is 4.22. The van der Waals surface area contributed by atoms with Crippen LogP contribution in [0.2, 0.25) is 0 Å². The van der Waals surface area contributed by atoms with Crippen LogP contribution in [-0.2, 0) is 5.41 Å². The molecule has 122 valence electrons. The second-order valence-electron chi connectivity index (χ2n) is 7.41. The van der Waals surface area contributed by atoms with Gasteiger partial charge in [-0.25, -0.2) is 0 Å². The lowest BCUT2D eigenvalue weighted by Crippen LogP contribution is -2.10. The van der Waals surface area contributed by atoms with Gasteiger partial charge < -0.3 is 5.32 Å². The van der Waals surface area contributed by atoms with Gasteiger partial charge >= 0.3 is 0 Å². The molecule has 3 rings (SSSR count). The van der Waals surface area contributed by atoms with Crippen molar-refractivity contribution in [1.82, 2.24) is 0 Å². The number of rotatable bonds is 3. The summed E-state index contributed by atoms with van der Waals surface area (Å²) in [6.07, 6.45) is 0. The van der Waals surface area contributed by atoms with Crippen molar-refractivity contribution >= 4 is 11.4 Å². The highest BCUT2D eigenvalue weighted by atomic mass is 14.9. The van der Waals surface area contributed by atoms with Gasteiger partial charge in [0.2, 0.25) is 0 Å². The Morgan fingerprint density at radius 1 is 0.667 bits per heavy atom. The summed E-state index contributed by atoms with van der Waals surface area (Å²) in [6.45, 7) is 8.85. The lowest BCUT2D eigenvalue weighted by Gasteiger charge is -2.19. The highest BCUT2D eigenvalue weighted by molar-refractivity contribution is 5.72. The second-order valence-corrected chi connectivity index (χ2v) is 7.41. The zero-order chi connectivity index (χ0) is 17.2. The van der Waals surface area contributed by atoms with Crippen LogP contribution in [0.1, 0.15) is 31.9 Å². The molecule has 0 unspecified atom stereocenters. The summed E-state index contributed by atoms with van der Waals surface area (Å²) in [6, 6.07) is 25.9. The Morgan fingerprint density at radius 2 is 1.33 bits per heavy atom. The van der Waals surface area contributed by atoms with Crippen LogP contribution >= 0.6 is 0 Å². The van der Waals surface area contributed by atoms with E-state index >= 15 is 0 Å². The molecule has 3 aromatic carbocycles. The third-order valence-corrected chi connectivity index (χ3v) is 4.22. The molecular formula is C23H25N. The quantitative estimate of drug-likeness (QED) is 0.567. The number of hydrogen-bond donors (Lipinski definition) is 1. The molecule has 0 aliphatic carbocycles.